The number of hydrogen-bond donors (Lipinski definition) is 1. The first-order valence-electron chi connectivity index (χ1n) is 8.49. The van der Waals surface area contributed by atoms with E-state index in [1.54, 1.807) is 6.20 Å². The number of halogens is 1. The van der Waals surface area contributed by atoms with Crippen LogP contribution < -0.4 is 4.74 Å². The van der Waals surface area contributed by atoms with E-state index < -0.39 is 5.92 Å². The molecular weight excluding hydrogens is 456 g/mol. The van der Waals surface area contributed by atoms with Crippen LogP contribution in [0.1, 0.15) is 22.1 Å². The Morgan fingerprint density at radius 2 is 1.89 bits per heavy atom. The van der Waals surface area contributed by atoms with Crippen molar-refractivity contribution in [2.24, 2.45) is 0 Å². The predicted octanol–water partition coefficient (Wildman–Crippen LogP) is 5.90. The molecule has 1 aromatic heterocycles. The fourth-order valence-corrected chi connectivity index (χ4v) is 4.82. The van der Waals surface area contributed by atoms with Gasteiger partial charge in [0.25, 0.3) is 0 Å². The molecule has 4 rings (SSSR count). The second-order valence-electron chi connectivity index (χ2n) is 6.13. The molecule has 0 radical (unpaired) electrons. The van der Waals surface area contributed by atoms with Crippen LogP contribution in [-0.2, 0) is 11.4 Å². The molecule has 0 bridgehead atoms. The molecule has 1 fully saturated rings. The highest BCUT2D eigenvalue weighted by Crippen LogP contribution is 2.41. The molecule has 1 N–H and O–H groups in total. The normalized spacial score (nSPS) is 18.0. The number of rotatable bonds is 5. The first-order chi connectivity index (χ1) is 13.6. The number of Topliss-reactive ketones (excluding diaryl/α,β-unsaturated/α-hetero) is 1. The van der Waals surface area contributed by atoms with E-state index in [2.05, 4.69) is 20.9 Å². The topological polar surface area (TPSA) is 63.0 Å². The lowest BCUT2D eigenvalue weighted by molar-refractivity contribution is -0.114. The number of benzene rings is 2. The molecule has 0 aliphatic carbocycles. The first-order valence-corrected chi connectivity index (χ1v) is 11.0. The Kier molecular flexibility index (Phi) is 5.75. The maximum absolute atomic E-state index is 12.7. The number of thioether (sulfide) groups is 1. The van der Waals surface area contributed by atoms with Gasteiger partial charge < -0.3 is 4.74 Å². The summed E-state index contributed by atoms with van der Waals surface area (Å²) in [4.78, 5) is 17.5. The number of thiazole rings is 1. The summed E-state index contributed by atoms with van der Waals surface area (Å²) in [5.74, 6) is 0.161. The Bertz CT molecular complexity index is 1030. The van der Waals surface area contributed by atoms with E-state index in [1.807, 2.05) is 60.0 Å². The van der Waals surface area contributed by atoms with Crippen LogP contribution in [0.25, 0.3) is 6.08 Å². The van der Waals surface area contributed by atoms with Gasteiger partial charge in [0, 0.05) is 16.0 Å². The molecule has 0 amide bonds. The van der Waals surface area contributed by atoms with E-state index in [0.717, 1.165) is 21.3 Å². The number of ketones is 1. The Labute approximate surface area is 179 Å². The van der Waals surface area contributed by atoms with Crippen LogP contribution in [0.2, 0.25) is 0 Å². The van der Waals surface area contributed by atoms with Crippen molar-refractivity contribution in [3.8, 4) is 5.75 Å². The van der Waals surface area contributed by atoms with Gasteiger partial charge in [0.2, 0.25) is 0 Å². The third-order valence-corrected chi connectivity index (χ3v) is 6.55. The van der Waals surface area contributed by atoms with Crippen LogP contribution in [0.3, 0.4) is 0 Å². The van der Waals surface area contributed by atoms with Crippen molar-refractivity contribution in [1.29, 1.82) is 5.41 Å². The summed E-state index contributed by atoms with van der Waals surface area (Å²) in [5, 5.41) is 11.0. The summed E-state index contributed by atoms with van der Waals surface area (Å²) in [7, 11) is 0. The molecular formula is C21H15BrN2O2S2. The van der Waals surface area contributed by atoms with Gasteiger partial charge in [0.15, 0.2) is 5.78 Å². The van der Waals surface area contributed by atoms with E-state index in [4.69, 9.17) is 10.1 Å². The molecule has 0 saturated carbocycles. The standard InChI is InChI=1S/C21H15BrN2O2S2/c22-15-5-1-14(2-6-15)12-26-16-7-3-13(4-8-16)11-17-19(25)18(20(23)28-17)21-24-9-10-27-21/h1-11,18,23H,12H2/b17-11-,23-20?/t18-/m1/s1. The van der Waals surface area contributed by atoms with Gasteiger partial charge in [-0.15, -0.1) is 11.3 Å². The first kappa shape index (κ1) is 19.1. The number of nitrogens with zero attached hydrogens (tertiary/aromatic N) is 1. The number of nitrogens with one attached hydrogen (secondary N) is 1. The van der Waals surface area contributed by atoms with Gasteiger partial charge in [-0.25, -0.2) is 4.98 Å². The molecule has 0 spiro atoms. The Morgan fingerprint density at radius 1 is 1.14 bits per heavy atom. The van der Waals surface area contributed by atoms with Gasteiger partial charge >= 0.3 is 0 Å². The van der Waals surface area contributed by atoms with Crippen LogP contribution >= 0.6 is 39.0 Å². The number of carbonyl (C=O) groups excluding carboxylic acids is 1. The molecule has 140 valence electrons. The van der Waals surface area contributed by atoms with E-state index in [9.17, 15) is 4.79 Å². The second kappa shape index (κ2) is 8.43. The van der Waals surface area contributed by atoms with Crippen molar-refractivity contribution in [3.63, 3.8) is 0 Å². The van der Waals surface area contributed by atoms with Crippen molar-refractivity contribution >= 4 is 55.9 Å². The molecule has 28 heavy (non-hydrogen) atoms. The minimum absolute atomic E-state index is 0.0551. The van der Waals surface area contributed by atoms with Crippen LogP contribution in [0, 0.1) is 5.41 Å². The summed E-state index contributed by atoms with van der Waals surface area (Å²) in [6.45, 7) is 0.495. The van der Waals surface area contributed by atoms with Gasteiger partial charge in [-0.05, 0) is 41.5 Å². The summed E-state index contributed by atoms with van der Waals surface area (Å²) in [6, 6.07) is 15.6. The predicted molar refractivity (Wildman–Crippen MR) is 118 cm³/mol. The van der Waals surface area contributed by atoms with E-state index in [0.29, 0.717) is 21.6 Å². The average molecular weight is 471 g/mol. The highest BCUT2D eigenvalue weighted by Gasteiger charge is 2.38. The lowest BCUT2D eigenvalue weighted by Crippen LogP contribution is -2.11. The van der Waals surface area contributed by atoms with Crippen molar-refractivity contribution in [2.75, 3.05) is 0 Å². The number of allylic oxidation sites excluding steroid dienone is 1. The third-order valence-electron chi connectivity index (χ3n) is 4.18. The quantitative estimate of drug-likeness (QED) is 0.471. The Hall–Kier alpha value is -2.22. The van der Waals surface area contributed by atoms with Crippen molar-refractivity contribution in [1.82, 2.24) is 4.98 Å². The van der Waals surface area contributed by atoms with Crippen LogP contribution in [0.5, 0.6) is 5.75 Å². The molecule has 2 aromatic carbocycles. The van der Waals surface area contributed by atoms with Gasteiger partial charge in [0.05, 0.1) is 9.95 Å². The summed E-state index contributed by atoms with van der Waals surface area (Å²) in [6.07, 6.45) is 3.49. The number of hydrogen-bond acceptors (Lipinski definition) is 6. The molecule has 1 aliphatic heterocycles. The third kappa shape index (κ3) is 4.27. The van der Waals surface area contributed by atoms with Gasteiger partial charge in [0.1, 0.15) is 23.3 Å². The van der Waals surface area contributed by atoms with Crippen LogP contribution in [0.15, 0.2) is 69.5 Å². The fourth-order valence-electron chi connectivity index (χ4n) is 2.75. The fraction of sp³-hybridized carbons (Fsp3) is 0.0952. The number of ether oxygens (including phenoxy) is 1. The summed E-state index contributed by atoms with van der Waals surface area (Å²) in [5.41, 5.74) is 1.99. The van der Waals surface area contributed by atoms with Crippen molar-refractivity contribution in [2.45, 2.75) is 12.5 Å². The second-order valence-corrected chi connectivity index (χ2v) is 9.05. The smallest absolute Gasteiger partial charge is 0.186 e. The van der Waals surface area contributed by atoms with Crippen LogP contribution in [-0.4, -0.2) is 15.8 Å². The molecule has 1 aliphatic rings. The van der Waals surface area contributed by atoms with Gasteiger partial charge in [-0.1, -0.05) is 52.0 Å². The lowest BCUT2D eigenvalue weighted by Gasteiger charge is -2.07. The minimum Gasteiger partial charge on any atom is -0.489 e. The molecule has 7 heteroatoms. The van der Waals surface area contributed by atoms with Crippen LogP contribution in [0.4, 0.5) is 0 Å². The minimum atomic E-state index is -0.551. The average Bonchev–Trinajstić information content (AvgIpc) is 3.31. The van der Waals surface area contributed by atoms with E-state index >= 15 is 0 Å². The molecule has 0 unspecified atom stereocenters. The summed E-state index contributed by atoms with van der Waals surface area (Å²) < 4.78 is 6.85. The molecule has 1 atom stereocenters. The highest BCUT2D eigenvalue weighted by molar-refractivity contribution is 9.10. The zero-order valence-electron chi connectivity index (χ0n) is 14.6. The summed E-state index contributed by atoms with van der Waals surface area (Å²) >= 11 is 6.04. The number of aromatic nitrogens is 1. The maximum Gasteiger partial charge on any atom is 0.186 e. The molecule has 1 saturated heterocycles. The zero-order valence-corrected chi connectivity index (χ0v) is 17.8. The largest absolute Gasteiger partial charge is 0.489 e. The molecule has 4 nitrogen and oxygen atoms in total. The Morgan fingerprint density at radius 3 is 2.57 bits per heavy atom. The molecule has 2 heterocycles. The van der Waals surface area contributed by atoms with E-state index in [1.165, 1.54) is 23.1 Å². The SMILES string of the molecule is N=C1S/C(=C\c2ccc(OCc3ccc(Br)cc3)cc2)C(=O)[C@H]1c1nccs1. The lowest BCUT2D eigenvalue weighted by atomic mass is 10.1. The van der Waals surface area contributed by atoms with Crippen molar-refractivity contribution < 1.29 is 9.53 Å². The van der Waals surface area contributed by atoms with E-state index in [-0.39, 0.29) is 5.78 Å². The van der Waals surface area contributed by atoms with Crippen molar-refractivity contribution in [3.05, 3.63) is 85.6 Å². The number of carbonyl (C=O) groups is 1. The zero-order chi connectivity index (χ0) is 19.5. The monoisotopic (exact) mass is 470 g/mol. The van der Waals surface area contributed by atoms with Gasteiger partial charge in [-0.2, -0.15) is 0 Å². The molecule has 3 aromatic rings. The van der Waals surface area contributed by atoms with Gasteiger partial charge in [-0.3, -0.25) is 10.2 Å². The maximum atomic E-state index is 12.7. The Balaban J connectivity index is 1.43. The highest BCUT2D eigenvalue weighted by atomic mass is 79.9.